The number of nitrogens with one attached hydrogen (secondary N) is 1. The molecule has 4 fully saturated rings. The first-order chi connectivity index (χ1) is 14.9. The topological polar surface area (TPSA) is 70.8 Å². The van der Waals surface area contributed by atoms with Crippen LogP contribution in [0.25, 0.3) is 11.1 Å². The van der Waals surface area contributed by atoms with Crippen molar-refractivity contribution in [1.29, 1.82) is 0 Å². The fourth-order valence-corrected chi connectivity index (χ4v) is 4.98. The number of aldehydes is 1. The molecule has 2 bridgehead atoms. The first-order valence-corrected chi connectivity index (χ1v) is 11.2. The number of hydrogen-bond acceptors (Lipinski definition) is 7. The third-order valence-electron chi connectivity index (χ3n) is 7.01. The molecule has 1 N–H and O–H groups in total. The minimum absolute atomic E-state index is 0.247. The second-order valence-corrected chi connectivity index (χ2v) is 9.12. The van der Waals surface area contributed by atoms with Crippen molar-refractivity contribution in [2.75, 3.05) is 38.8 Å². The average Bonchev–Trinajstić information content (AvgIpc) is 3.24. The van der Waals surface area contributed by atoms with Crippen LogP contribution < -0.4 is 10.2 Å². The van der Waals surface area contributed by atoms with Crippen LogP contribution in [-0.4, -0.2) is 74.2 Å². The van der Waals surface area contributed by atoms with E-state index in [-0.39, 0.29) is 6.04 Å². The van der Waals surface area contributed by atoms with Crippen molar-refractivity contribution in [3.63, 3.8) is 0 Å². The summed E-state index contributed by atoms with van der Waals surface area (Å²) < 4.78 is 11.4. The van der Waals surface area contributed by atoms with Crippen molar-refractivity contribution in [1.82, 2.24) is 15.2 Å². The molecule has 3 unspecified atom stereocenters. The van der Waals surface area contributed by atoms with E-state index in [1.54, 1.807) is 12.1 Å². The van der Waals surface area contributed by atoms with E-state index in [1.807, 2.05) is 6.07 Å². The number of rotatable bonds is 4. The zero-order valence-corrected chi connectivity index (χ0v) is 19.0. The second-order valence-electron chi connectivity index (χ2n) is 9.12. The molecule has 4 heterocycles. The molecule has 1 aliphatic carbocycles. The Bertz CT molecular complexity index is 924. The molecule has 4 aliphatic rings. The molecule has 1 aromatic carbocycles. The molecule has 3 aliphatic heterocycles. The van der Waals surface area contributed by atoms with E-state index in [0.717, 1.165) is 18.9 Å². The lowest BCUT2D eigenvalue weighted by molar-refractivity contribution is 0.0529. The SMILES string of the molecule is C=C1C2CC(NC)CC1N2C.CC(C)C1COCCN1c1nc2c(C=O)cccc2o1. The van der Waals surface area contributed by atoms with E-state index in [9.17, 15) is 4.79 Å². The minimum Gasteiger partial charge on any atom is -0.423 e. The van der Waals surface area contributed by atoms with E-state index >= 15 is 0 Å². The highest BCUT2D eigenvalue weighted by atomic mass is 16.5. The molecule has 3 saturated heterocycles. The summed E-state index contributed by atoms with van der Waals surface area (Å²) in [6, 6.07) is 8.29. The largest absolute Gasteiger partial charge is 0.423 e. The molecular weight excluding hydrogens is 392 g/mol. The van der Waals surface area contributed by atoms with E-state index in [2.05, 4.69) is 54.6 Å². The first kappa shape index (κ1) is 22.0. The zero-order valence-electron chi connectivity index (χ0n) is 19.0. The molecule has 1 aromatic heterocycles. The van der Waals surface area contributed by atoms with E-state index < -0.39 is 0 Å². The van der Waals surface area contributed by atoms with Crippen molar-refractivity contribution >= 4 is 23.4 Å². The van der Waals surface area contributed by atoms with Gasteiger partial charge in [0, 0.05) is 30.2 Å². The number of benzene rings is 1. The number of hydrogen-bond donors (Lipinski definition) is 1. The number of aromatic nitrogens is 1. The fourth-order valence-electron chi connectivity index (χ4n) is 4.98. The molecule has 7 heteroatoms. The number of fused-ring (bicyclic) bond motifs is 3. The first-order valence-electron chi connectivity index (χ1n) is 11.2. The second kappa shape index (κ2) is 9.10. The fraction of sp³-hybridized carbons (Fsp3) is 0.583. The van der Waals surface area contributed by atoms with Crippen molar-refractivity contribution in [3.05, 3.63) is 35.9 Å². The van der Waals surface area contributed by atoms with Crippen molar-refractivity contribution in [3.8, 4) is 0 Å². The van der Waals surface area contributed by atoms with Crippen molar-refractivity contribution in [2.24, 2.45) is 5.92 Å². The molecule has 1 saturated carbocycles. The Hall–Kier alpha value is -2.22. The highest BCUT2D eigenvalue weighted by Gasteiger charge is 2.45. The minimum atomic E-state index is 0.247. The van der Waals surface area contributed by atoms with Gasteiger partial charge in [-0.2, -0.15) is 4.98 Å². The maximum atomic E-state index is 11.1. The molecule has 0 amide bonds. The molecule has 3 atom stereocenters. The van der Waals surface area contributed by atoms with E-state index in [0.29, 0.717) is 53.9 Å². The van der Waals surface area contributed by atoms with Crippen LogP contribution in [-0.2, 0) is 4.74 Å². The van der Waals surface area contributed by atoms with Gasteiger partial charge in [0.15, 0.2) is 11.9 Å². The van der Waals surface area contributed by atoms with Gasteiger partial charge in [0.05, 0.1) is 19.3 Å². The van der Waals surface area contributed by atoms with Crippen molar-refractivity contribution in [2.45, 2.75) is 50.9 Å². The van der Waals surface area contributed by atoms with Gasteiger partial charge in [-0.25, -0.2) is 0 Å². The van der Waals surface area contributed by atoms with Crippen LogP contribution in [0.2, 0.25) is 0 Å². The molecule has 168 valence electrons. The van der Waals surface area contributed by atoms with Crippen LogP contribution in [0.4, 0.5) is 6.01 Å². The number of oxazole rings is 1. The standard InChI is InChI=1S/C15H18N2O3.C9H16N2/c1-10(2)12-9-19-7-6-17(12)15-16-14-11(8-18)4-3-5-13(14)20-15;1-6-8-4-7(10-2)5-9(6)11(8)3/h3-5,8,10,12H,6-7,9H2,1-2H3;7-10H,1,4-5H2,2-3H3. The van der Waals surface area contributed by atoms with Gasteiger partial charge < -0.3 is 19.4 Å². The van der Waals surface area contributed by atoms with Crippen LogP contribution in [0.1, 0.15) is 37.0 Å². The number of morpholine rings is 1. The zero-order chi connectivity index (χ0) is 22.1. The molecule has 6 rings (SSSR count). The Balaban J connectivity index is 0.000000177. The number of carbonyl (C=O) groups is 1. The number of para-hydroxylation sites is 1. The van der Waals surface area contributed by atoms with Crippen LogP contribution in [0.15, 0.2) is 34.8 Å². The molecule has 7 nitrogen and oxygen atoms in total. The average molecular weight is 427 g/mol. The van der Waals surface area contributed by atoms with E-state index in [4.69, 9.17) is 9.15 Å². The maximum Gasteiger partial charge on any atom is 0.298 e. The normalized spacial score (nSPS) is 28.3. The molecule has 0 spiro atoms. The monoisotopic (exact) mass is 426 g/mol. The highest BCUT2D eigenvalue weighted by Crippen LogP contribution is 2.40. The van der Waals surface area contributed by atoms with Crippen LogP contribution >= 0.6 is 0 Å². The summed E-state index contributed by atoms with van der Waals surface area (Å²) in [5.74, 6) is 0.441. The summed E-state index contributed by atoms with van der Waals surface area (Å²) in [5.41, 5.74) is 3.30. The van der Waals surface area contributed by atoms with Gasteiger partial charge in [0.25, 0.3) is 6.01 Å². The Morgan fingerprint density at radius 3 is 2.65 bits per heavy atom. The Labute approximate surface area is 184 Å². The molecule has 2 aromatic rings. The summed E-state index contributed by atoms with van der Waals surface area (Å²) in [6.45, 7) is 10.5. The molecule has 31 heavy (non-hydrogen) atoms. The third kappa shape index (κ3) is 4.14. The van der Waals surface area contributed by atoms with Gasteiger partial charge in [-0.1, -0.05) is 26.5 Å². The van der Waals surface area contributed by atoms with E-state index in [1.165, 1.54) is 18.4 Å². The number of nitrogens with zero attached hydrogens (tertiary/aromatic N) is 3. The summed E-state index contributed by atoms with van der Waals surface area (Å²) in [6.07, 6.45) is 3.32. The maximum absolute atomic E-state index is 11.1. The summed E-state index contributed by atoms with van der Waals surface area (Å²) >= 11 is 0. The Kier molecular flexibility index (Phi) is 6.46. The third-order valence-corrected chi connectivity index (χ3v) is 7.01. The van der Waals surface area contributed by atoms with Gasteiger partial charge in [0.2, 0.25) is 0 Å². The lowest BCUT2D eigenvalue weighted by Gasteiger charge is -2.55. The van der Waals surface area contributed by atoms with Crippen LogP contribution in [0, 0.1) is 5.92 Å². The lowest BCUT2D eigenvalue weighted by atomic mass is 9.74. The van der Waals surface area contributed by atoms with Crippen LogP contribution in [0.3, 0.4) is 0 Å². The number of anilines is 1. The Morgan fingerprint density at radius 1 is 1.29 bits per heavy atom. The van der Waals surface area contributed by atoms with Crippen LogP contribution in [0.5, 0.6) is 0 Å². The summed E-state index contributed by atoms with van der Waals surface area (Å²) in [7, 11) is 4.26. The quantitative estimate of drug-likeness (QED) is 0.595. The number of piperidine rings is 1. The van der Waals surface area contributed by atoms with Gasteiger partial charge in [-0.3, -0.25) is 9.69 Å². The highest BCUT2D eigenvalue weighted by molar-refractivity contribution is 5.93. The van der Waals surface area contributed by atoms with Gasteiger partial charge in [-0.05, 0) is 50.6 Å². The summed E-state index contributed by atoms with van der Waals surface area (Å²) in [5, 5.41) is 3.34. The molecular formula is C24H34N4O3. The Morgan fingerprint density at radius 2 is 2.03 bits per heavy atom. The predicted octanol–water partition coefficient (Wildman–Crippen LogP) is 3.11. The smallest absolute Gasteiger partial charge is 0.298 e. The van der Waals surface area contributed by atoms with Gasteiger partial charge in [0.1, 0.15) is 5.52 Å². The van der Waals surface area contributed by atoms with Gasteiger partial charge in [-0.15, -0.1) is 0 Å². The molecule has 0 radical (unpaired) electrons. The van der Waals surface area contributed by atoms with Gasteiger partial charge >= 0.3 is 0 Å². The number of ether oxygens (including phenoxy) is 1. The summed E-state index contributed by atoms with van der Waals surface area (Å²) in [4.78, 5) is 20.2. The number of likely N-dealkylation sites (N-methyl/N-ethyl adjacent to an activating group) is 1. The van der Waals surface area contributed by atoms with Crippen molar-refractivity contribution < 1.29 is 13.9 Å². The number of carbonyl (C=O) groups excluding carboxylic acids is 1. The lowest BCUT2D eigenvalue weighted by Crippen LogP contribution is -2.63. The predicted molar refractivity (Wildman–Crippen MR) is 123 cm³/mol.